The van der Waals surface area contributed by atoms with Crippen LogP contribution in [0.5, 0.6) is 0 Å². The summed E-state index contributed by atoms with van der Waals surface area (Å²) in [6, 6.07) is 6.00. The van der Waals surface area contributed by atoms with Gasteiger partial charge in [0.15, 0.2) is 0 Å². The third kappa shape index (κ3) is 2.98. The molecule has 0 unspecified atom stereocenters. The molecular formula is C14H21Cl2N3. The van der Waals surface area contributed by atoms with E-state index in [1.807, 2.05) is 12.1 Å². The predicted molar refractivity (Wildman–Crippen MR) is 85.4 cm³/mol. The van der Waals surface area contributed by atoms with E-state index in [-0.39, 0.29) is 24.8 Å². The summed E-state index contributed by atoms with van der Waals surface area (Å²) in [6.07, 6.45) is 6.64. The van der Waals surface area contributed by atoms with Gasteiger partial charge in [-0.25, -0.2) is 4.98 Å². The second-order valence-corrected chi connectivity index (χ2v) is 5.11. The lowest BCUT2D eigenvalue weighted by Crippen LogP contribution is -2.09. The fourth-order valence-corrected chi connectivity index (χ4v) is 2.96. The molecule has 0 spiro atoms. The van der Waals surface area contributed by atoms with Crippen LogP contribution < -0.4 is 5.73 Å². The van der Waals surface area contributed by atoms with E-state index in [0.29, 0.717) is 5.92 Å². The molecule has 0 bridgehead atoms. The standard InChI is InChI=1S/C14H19N3.2ClH/c1-17-13-8-7-11(15)9-12(13)16-14(17)10-5-3-2-4-6-10;;/h7-10H,2-6,15H2,1H3;2*1H. The molecular weight excluding hydrogens is 281 g/mol. The number of rotatable bonds is 1. The number of halogens is 2. The number of aromatic nitrogens is 2. The number of benzene rings is 1. The number of anilines is 1. The maximum Gasteiger partial charge on any atom is 0.112 e. The number of hydrogen-bond acceptors (Lipinski definition) is 2. The van der Waals surface area contributed by atoms with Crippen LogP contribution in [0.4, 0.5) is 5.69 Å². The topological polar surface area (TPSA) is 43.8 Å². The Labute approximate surface area is 126 Å². The Balaban J connectivity index is 0.000000902. The molecule has 5 heteroatoms. The van der Waals surface area contributed by atoms with Gasteiger partial charge in [-0.15, -0.1) is 24.8 Å². The van der Waals surface area contributed by atoms with Crippen molar-refractivity contribution in [3.8, 4) is 0 Å². The molecule has 19 heavy (non-hydrogen) atoms. The summed E-state index contributed by atoms with van der Waals surface area (Å²) < 4.78 is 2.24. The molecule has 1 aliphatic rings. The van der Waals surface area contributed by atoms with Gasteiger partial charge in [-0.3, -0.25) is 0 Å². The lowest BCUT2D eigenvalue weighted by atomic mass is 9.89. The zero-order valence-corrected chi connectivity index (χ0v) is 12.8. The average molecular weight is 302 g/mol. The van der Waals surface area contributed by atoms with Crippen molar-refractivity contribution < 1.29 is 0 Å². The fourth-order valence-electron chi connectivity index (χ4n) is 2.96. The van der Waals surface area contributed by atoms with Crippen LogP contribution in [0.25, 0.3) is 11.0 Å². The van der Waals surface area contributed by atoms with Crippen molar-refractivity contribution in [1.29, 1.82) is 0 Å². The van der Waals surface area contributed by atoms with Gasteiger partial charge in [-0.1, -0.05) is 19.3 Å². The van der Waals surface area contributed by atoms with E-state index in [0.717, 1.165) is 11.2 Å². The van der Waals surface area contributed by atoms with Crippen molar-refractivity contribution >= 4 is 41.5 Å². The highest BCUT2D eigenvalue weighted by atomic mass is 35.5. The number of hydrogen-bond donors (Lipinski definition) is 1. The number of nitrogens with two attached hydrogens (primary N) is 1. The lowest BCUT2D eigenvalue weighted by molar-refractivity contribution is 0.423. The maximum atomic E-state index is 5.81. The van der Waals surface area contributed by atoms with Crippen LogP contribution in [-0.2, 0) is 7.05 Å². The molecule has 2 N–H and O–H groups in total. The van der Waals surface area contributed by atoms with Gasteiger partial charge < -0.3 is 10.3 Å². The highest BCUT2D eigenvalue weighted by molar-refractivity contribution is 5.85. The first-order chi connectivity index (χ1) is 8.25. The van der Waals surface area contributed by atoms with Gasteiger partial charge in [-0.2, -0.15) is 0 Å². The first-order valence-corrected chi connectivity index (χ1v) is 6.47. The average Bonchev–Trinajstić information content (AvgIpc) is 2.67. The number of fused-ring (bicyclic) bond motifs is 1. The van der Waals surface area contributed by atoms with Gasteiger partial charge in [0.2, 0.25) is 0 Å². The van der Waals surface area contributed by atoms with Gasteiger partial charge in [0.25, 0.3) is 0 Å². The molecule has 1 aromatic carbocycles. The van der Waals surface area contributed by atoms with Crippen molar-refractivity contribution in [2.75, 3.05) is 5.73 Å². The van der Waals surface area contributed by atoms with Crippen LogP contribution in [0.2, 0.25) is 0 Å². The monoisotopic (exact) mass is 301 g/mol. The molecule has 3 rings (SSSR count). The molecule has 1 aliphatic carbocycles. The van der Waals surface area contributed by atoms with E-state index in [1.165, 1.54) is 43.4 Å². The van der Waals surface area contributed by atoms with Gasteiger partial charge in [0.05, 0.1) is 11.0 Å². The van der Waals surface area contributed by atoms with Gasteiger partial charge >= 0.3 is 0 Å². The summed E-state index contributed by atoms with van der Waals surface area (Å²) in [5.74, 6) is 1.88. The predicted octanol–water partition coefficient (Wildman–Crippen LogP) is 4.05. The Morgan fingerprint density at radius 2 is 1.84 bits per heavy atom. The zero-order valence-electron chi connectivity index (χ0n) is 11.1. The molecule has 0 atom stereocenters. The Hall–Kier alpha value is -0.930. The summed E-state index contributed by atoms with van der Waals surface area (Å²) in [4.78, 5) is 4.78. The molecule has 1 fully saturated rings. The molecule has 0 amide bonds. The van der Waals surface area contributed by atoms with Crippen molar-refractivity contribution in [3.63, 3.8) is 0 Å². The van der Waals surface area contributed by atoms with Crippen LogP contribution >= 0.6 is 24.8 Å². The van der Waals surface area contributed by atoms with E-state index in [4.69, 9.17) is 10.7 Å². The van der Waals surface area contributed by atoms with Gasteiger partial charge in [0.1, 0.15) is 5.82 Å². The zero-order chi connectivity index (χ0) is 11.8. The fraction of sp³-hybridized carbons (Fsp3) is 0.500. The van der Waals surface area contributed by atoms with E-state index in [1.54, 1.807) is 0 Å². The van der Waals surface area contributed by atoms with Crippen LogP contribution in [0, 0.1) is 0 Å². The molecule has 1 aromatic heterocycles. The summed E-state index contributed by atoms with van der Waals surface area (Å²) in [6.45, 7) is 0. The minimum atomic E-state index is 0. The summed E-state index contributed by atoms with van der Waals surface area (Å²) in [5.41, 5.74) is 8.84. The molecule has 2 aromatic rings. The molecule has 1 heterocycles. The maximum absolute atomic E-state index is 5.81. The molecule has 0 saturated heterocycles. The van der Waals surface area contributed by atoms with Gasteiger partial charge in [-0.05, 0) is 31.0 Å². The smallest absolute Gasteiger partial charge is 0.112 e. The SMILES string of the molecule is Cl.Cl.Cn1c(C2CCCCC2)nc2cc(N)ccc21. The second-order valence-electron chi connectivity index (χ2n) is 5.11. The third-order valence-corrected chi connectivity index (χ3v) is 3.91. The minimum absolute atomic E-state index is 0. The molecule has 3 nitrogen and oxygen atoms in total. The van der Waals surface area contributed by atoms with E-state index in [2.05, 4.69) is 17.7 Å². The van der Waals surface area contributed by atoms with Crippen LogP contribution in [-0.4, -0.2) is 9.55 Å². The molecule has 0 radical (unpaired) electrons. The molecule has 106 valence electrons. The quantitative estimate of drug-likeness (QED) is 0.808. The second kappa shape index (κ2) is 6.49. The van der Waals surface area contributed by atoms with E-state index in [9.17, 15) is 0 Å². The van der Waals surface area contributed by atoms with E-state index < -0.39 is 0 Å². The van der Waals surface area contributed by atoms with Crippen LogP contribution in [0.1, 0.15) is 43.8 Å². The van der Waals surface area contributed by atoms with Gasteiger partial charge in [0, 0.05) is 18.7 Å². The third-order valence-electron chi connectivity index (χ3n) is 3.91. The Morgan fingerprint density at radius 1 is 1.16 bits per heavy atom. The minimum Gasteiger partial charge on any atom is -0.399 e. The number of nitrogens with zero attached hydrogens (tertiary/aromatic N) is 2. The largest absolute Gasteiger partial charge is 0.399 e. The molecule has 0 aliphatic heterocycles. The first-order valence-electron chi connectivity index (χ1n) is 6.47. The highest BCUT2D eigenvalue weighted by Gasteiger charge is 2.20. The summed E-state index contributed by atoms with van der Waals surface area (Å²) in [5, 5.41) is 0. The van der Waals surface area contributed by atoms with Crippen LogP contribution in [0.3, 0.4) is 0 Å². The van der Waals surface area contributed by atoms with Crippen molar-refractivity contribution in [2.24, 2.45) is 7.05 Å². The Kier molecular flexibility index (Phi) is 5.50. The highest BCUT2D eigenvalue weighted by Crippen LogP contribution is 2.33. The number of imidazole rings is 1. The Bertz CT molecular complexity index is 545. The molecule has 1 saturated carbocycles. The number of nitrogen functional groups attached to an aromatic ring is 1. The Morgan fingerprint density at radius 3 is 2.53 bits per heavy atom. The van der Waals surface area contributed by atoms with Crippen molar-refractivity contribution in [3.05, 3.63) is 24.0 Å². The normalized spacial score (nSPS) is 15.8. The number of aryl methyl sites for hydroxylation is 1. The van der Waals surface area contributed by atoms with Crippen molar-refractivity contribution in [2.45, 2.75) is 38.0 Å². The summed E-state index contributed by atoms with van der Waals surface area (Å²) in [7, 11) is 2.12. The lowest BCUT2D eigenvalue weighted by Gasteiger charge is -2.20. The van der Waals surface area contributed by atoms with Crippen LogP contribution in [0.15, 0.2) is 18.2 Å². The van der Waals surface area contributed by atoms with Crippen molar-refractivity contribution in [1.82, 2.24) is 9.55 Å². The first kappa shape index (κ1) is 16.1. The van der Waals surface area contributed by atoms with E-state index >= 15 is 0 Å². The summed E-state index contributed by atoms with van der Waals surface area (Å²) >= 11 is 0.